The Morgan fingerprint density at radius 3 is 2.60 bits per heavy atom. The molecule has 0 unspecified atom stereocenters. The first-order valence-electron chi connectivity index (χ1n) is 8.73. The van der Waals surface area contributed by atoms with Crippen molar-refractivity contribution in [1.29, 1.82) is 0 Å². The minimum Gasteiger partial charge on any atom is -0.380 e. The molecule has 2 amide bonds. The highest BCUT2D eigenvalue weighted by molar-refractivity contribution is 5.87. The topological polar surface area (TPSA) is 84.2 Å². The van der Waals surface area contributed by atoms with Crippen molar-refractivity contribution in [1.82, 2.24) is 5.32 Å². The number of nitrogens with one attached hydrogen (secondary N) is 2. The molecule has 1 atom stereocenters. The highest BCUT2D eigenvalue weighted by Gasteiger charge is 2.20. The molecule has 7 heteroatoms. The van der Waals surface area contributed by atoms with E-state index in [1.165, 1.54) is 19.3 Å². The Kier molecular flexibility index (Phi) is 7.16. The van der Waals surface area contributed by atoms with Gasteiger partial charge in [0.15, 0.2) is 0 Å². The van der Waals surface area contributed by atoms with Crippen LogP contribution in [0.15, 0.2) is 18.2 Å². The Labute approximate surface area is 146 Å². The number of carbonyl (C=O) groups is 2. The lowest BCUT2D eigenvalue weighted by molar-refractivity contribution is -0.127. The monoisotopic (exact) mass is 353 g/mol. The molecule has 0 bridgehead atoms. The Morgan fingerprint density at radius 2 is 1.92 bits per heavy atom. The molecule has 2 rings (SSSR count). The number of primary amides is 1. The highest BCUT2D eigenvalue weighted by Crippen LogP contribution is 2.27. The van der Waals surface area contributed by atoms with E-state index < -0.39 is 23.6 Å². The summed E-state index contributed by atoms with van der Waals surface area (Å²) in [6.45, 7) is -0.106. The molecule has 138 valence electrons. The summed E-state index contributed by atoms with van der Waals surface area (Å²) in [5, 5.41) is 5.18. The van der Waals surface area contributed by atoms with Crippen molar-refractivity contribution in [2.75, 3.05) is 11.9 Å². The quantitative estimate of drug-likeness (QED) is 0.672. The third kappa shape index (κ3) is 6.32. The molecular weight excluding hydrogens is 328 g/mol. The van der Waals surface area contributed by atoms with Gasteiger partial charge in [-0.05, 0) is 30.5 Å². The normalized spacial score (nSPS) is 16.2. The highest BCUT2D eigenvalue weighted by atomic mass is 19.1. The van der Waals surface area contributed by atoms with E-state index in [0.29, 0.717) is 12.3 Å². The number of benzene rings is 1. The number of hydrogen-bond donors (Lipinski definition) is 3. The lowest BCUT2D eigenvalue weighted by Gasteiger charge is -2.22. The van der Waals surface area contributed by atoms with Crippen LogP contribution < -0.4 is 16.4 Å². The van der Waals surface area contributed by atoms with Crippen molar-refractivity contribution < 1.29 is 18.4 Å². The van der Waals surface area contributed by atoms with Crippen LogP contribution in [-0.2, 0) is 9.59 Å². The molecule has 1 aromatic rings. The van der Waals surface area contributed by atoms with Gasteiger partial charge in [0.2, 0.25) is 11.8 Å². The van der Waals surface area contributed by atoms with Crippen LogP contribution in [0.5, 0.6) is 0 Å². The molecular formula is C18H25F2N3O2. The number of halogens is 2. The molecule has 4 N–H and O–H groups in total. The van der Waals surface area contributed by atoms with Crippen LogP contribution in [0.1, 0.15) is 44.9 Å². The molecule has 5 nitrogen and oxygen atoms in total. The van der Waals surface area contributed by atoms with Crippen LogP contribution in [0, 0.1) is 17.6 Å². The van der Waals surface area contributed by atoms with Gasteiger partial charge in [0.25, 0.3) is 0 Å². The van der Waals surface area contributed by atoms with Gasteiger partial charge in [-0.15, -0.1) is 0 Å². The molecule has 0 aliphatic heterocycles. The van der Waals surface area contributed by atoms with Crippen LogP contribution in [0.3, 0.4) is 0 Å². The number of amides is 2. The largest absolute Gasteiger partial charge is 0.380 e. The SMILES string of the molecule is NC(=O)[C@H](CNc1cc(F)ccc1F)NC(=O)CCC1CCCCC1. The van der Waals surface area contributed by atoms with Gasteiger partial charge in [-0.1, -0.05) is 32.1 Å². The van der Waals surface area contributed by atoms with Crippen molar-refractivity contribution in [3.63, 3.8) is 0 Å². The number of hydrogen-bond acceptors (Lipinski definition) is 3. The zero-order valence-electron chi connectivity index (χ0n) is 14.2. The number of carbonyl (C=O) groups excluding carboxylic acids is 2. The Bertz CT molecular complexity index is 604. The van der Waals surface area contributed by atoms with E-state index in [1.807, 2.05) is 0 Å². The average Bonchev–Trinajstić information content (AvgIpc) is 2.60. The van der Waals surface area contributed by atoms with E-state index in [-0.39, 0.29) is 18.1 Å². The zero-order chi connectivity index (χ0) is 18.2. The van der Waals surface area contributed by atoms with Crippen molar-refractivity contribution >= 4 is 17.5 Å². The Morgan fingerprint density at radius 1 is 1.20 bits per heavy atom. The minimum atomic E-state index is -0.985. The van der Waals surface area contributed by atoms with Crippen molar-refractivity contribution in [2.45, 2.75) is 51.0 Å². The van der Waals surface area contributed by atoms with Gasteiger partial charge in [0.05, 0.1) is 5.69 Å². The second-order valence-electron chi connectivity index (χ2n) is 6.57. The smallest absolute Gasteiger partial charge is 0.241 e. The van der Waals surface area contributed by atoms with Crippen LogP contribution in [-0.4, -0.2) is 24.4 Å². The molecule has 1 aromatic carbocycles. The number of rotatable bonds is 8. The summed E-state index contributed by atoms with van der Waals surface area (Å²) in [6.07, 6.45) is 7.10. The third-order valence-electron chi connectivity index (χ3n) is 4.61. The minimum absolute atomic E-state index is 0.0808. The van der Waals surface area contributed by atoms with Crippen LogP contribution in [0.25, 0.3) is 0 Å². The van der Waals surface area contributed by atoms with E-state index in [2.05, 4.69) is 10.6 Å². The van der Waals surface area contributed by atoms with Gasteiger partial charge in [-0.3, -0.25) is 9.59 Å². The molecule has 0 aromatic heterocycles. The fourth-order valence-electron chi connectivity index (χ4n) is 3.15. The lowest BCUT2D eigenvalue weighted by atomic mass is 9.86. The average molecular weight is 353 g/mol. The van der Waals surface area contributed by atoms with Crippen LogP contribution in [0.2, 0.25) is 0 Å². The van der Waals surface area contributed by atoms with Gasteiger partial charge in [0, 0.05) is 13.0 Å². The Hall–Kier alpha value is -2.18. The zero-order valence-corrected chi connectivity index (χ0v) is 14.2. The number of anilines is 1. The first kappa shape index (κ1) is 19.1. The number of nitrogens with two attached hydrogens (primary N) is 1. The molecule has 1 saturated carbocycles. The van der Waals surface area contributed by atoms with Crippen molar-refractivity contribution in [2.24, 2.45) is 11.7 Å². The van der Waals surface area contributed by atoms with E-state index in [4.69, 9.17) is 5.73 Å². The van der Waals surface area contributed by atoms with Crippen LogP contribution in [0.4, 0.5) is 14.5 Å². The van der Waals surface area contributed by atoms with Crippen molar-refractivity contribution in [3.8, 4) is 0 Å². The molecule has 1 aliphatic carbocycles. The summed E-state index contributed by atoms with van der Waals surface area (Å²) >= 11 is 0. The first-order valence-corrected chi connectivity index (χ1v) is 8.73. The van der Waals surface area contributed by atoms with Gasteiger partial charge in [-0.2, -0.15) is 0 Å². The molecule has 1 aliphatic rings. The fraction of sp³-hybridized carbons (Fsp3) is 0.556. The summed E-state index contributed by atoms with van der Waals surface area (Å²) in [5.41, 5.74) is 5.21. The van der Waals surface area contributed by atoms with E-state index in [1.54, 1.807) is 0 Å². The molecule has 0 saturated heterocycles. The van der Waals surface area contributed by atoms with E-state index in [0.717, 1.165) is 37.5 Å². The first-order chi connectivity index (χ1) is 12.0. The summed E-state index contributed by atoms with van der Waals surface area (Å²) in [7, 11) is 0. The van der Waals surface area contributed by atoms with Gasteiger partial charge < -0.3 is 16.4 Å². The predicted octanol–water partition coefficient (Wildman–Crippen LogP) is 2.71. The van der Waals surface area contributed by atoms with E-state index in [9.17, 15) is 18.4 Å². The summed E-state index contributed by atoms with van der Waals surface area (Å²) < 4.78 is 26.7. The van der Waals surface area contributed by atoms with Crippen LogP contribution >= 0.6 is 0 Å². The summed E-state index contributed by atoms with van der Waals surface area (Å²) in [5.74, 6) is -1.67. The van der Waals surface area contributed by atoms with Gasteiger partial charge in [0.1, 0.15) is 17.7 Å². The standard InChI is InChI=1S/C18H25F2N3O2/c19-13-7-8-14(20)15(10-13)22-11-16(18(21)25)23-17(24)9-6-12-4-2-1-3-5-12/h7-8,10,12,16,22H,1-6,9,11H2,(H2,21,25)(H,23,24)/t16-/m0/s1. The van der Waals surface area contributed by atoms with Gasteiger partial charge >= 0.3 is 0 Å². The molecule has 25 heavy (non-hydrogen) atoms. The lowest BCUT2D eigenvalue weighted by Crippen LogP contribution is -2.48. The maximum atomic E-state index is 13.6. The molecule has 0 radical (unpaired) electrons. The van der Waals surface area contributed by atoms with Crippen molar-refractivity contribution in [3.05, 3.63) is 29.8 Å². The fourth-order valence-corrected chi connectivity index (χ4v) is 3.15. The Balaban J connectivity index is 1.82. The van der Waals surface area contributed by atoms with E-state index >= 15 is 0 Å². The summed E-state index contributed by atoms with van der Waals surface area (Å²) in [6, 6.07) is 1.98. The van der Waals surface area contributed by atoms with Gasteiger partial charge in [-0.25, -0.2) is 8.78 Å². The molecule has 1 fully saturated rings. The third-order valence-corrected chi connectivity index (χ3v) is 4.61. The maximum Gasteiger partial charge on any atom is 0.241 e. The second kappa shape index (κ2) is 9.34. The maximum absolute atomic E-state index is 13.6. The second-order valence-corrected chi connectivity index (χ2v) is 6.57. The molecule has 0 heterocycles. The molecule has 0 spiro atoms. The predicted molar refractivity (Wildman–Crippen MR) is 91.8 cm³/mol. The summed E-state index contributed by atoms with van der Waals surface area (Å²) in [4.78, 5) is 23.6.